The smallest absolute Gasteiger partial charge is 0.410 e. The van der Waals surface area contributed by atoms with Crippen LogP contribution >= 0.6 is 0 Å². The first kappa shape index (κ1) is 24.3. The highest BCUT2D eigenvalue weighted by atomic mass is 32.2. The SMILES string of the molecule is CC[C@@H]1C[C@H](Oc2ccn(-c3ccc(S(C)(=O)=O)cc3)c(=O)c2)CCN1C(=O)OC1CCCC1. The van der Waals surface area contributed by atoms with Crippen molar-refractivity contribution in [3.8, 4) is 11.4 Å². The molecule has 2 aromatic rings. The van der Waals surface area contributed by atoms with Crippen LogP contribution in [-0.2, 0) is 14.6 Å². The fourth-order valence-corrected chi connectivity index (χ4v) is 5.39. The number of piperidine rings is 1. The second kappa shape index (κ2) is 10.2. The average molecular weight is 489 g/mol. The van der Waals surface area contributed by atoms with Crippen LogP contribution in [0.5, 0.6) is 5.75 Å². The molecule has 0 radical (unpaired) electrons. The number of ether oxygens (including phenoxy) is 2. The third-order valence-corrected chi connectivity index (χ3v) is 7.81. The molecule has 34 heavy (non-hydrogen) atoms. The van der Waals surface area contributed by atoms with Crippen LogP contribution in [0.15, 0.2) is 52.3 Å². The quantitative estimate of drug-likeness (QED) is 0.611. The Kier molecular flexibility index (Phi) is 7.30. The van der Waals surface area contributed by atoms with Crippen molar-refractivity contribution < 1.29 is 22.7 Å². The summed E-state index contributed by atoms with van der Waals surface area (Å²) in [4.78, 5) is 27.4. The van der Waals surface area contributed by atoms with Crippen LogP contribution in [0.25, 0.3) is 5.69 Å². The Morgan fingerprint density at radius 1 is 1.06 bits per heavy atom. The number of rotatable bonds is 6. The van der Waals surface area contributed by atoms with Crippen LogP contribution in [-0.4, -0.2) is 55.0 Å². The molecule has 184 valence electrons. The minimum Gasteiger partial charge on any atom is -0.490 e. The van der Waals surface area contributed by atoms with E-state index in [9.17, 15) is 18.0 Å². The monoisotopic (exact) mass is 488 g/mol. The largest absolute Gasteiger partial charge is 0.490 e. The van der Waals surface area contributed by atoms with Crippen LogP contribution in [0.1, 0.15) is 51.9 Å². The summed E-state index contributed by atoms with van der Waals surface area (Å²) in [6.45, 7) is 2.62. The van der Waals surface area contributed by atoms with E-state index in [1.807, 2.05) is 4.90 Å². The van der Waals surface area contributed by atoms with Gasteiger partial charge in [-0.25, -0.2) is 13.2 Å². The van der Waals surface area contributed by atoms with E-state index in [-0.39, 0.29) is 34.8 Å². The van der Waals surface area contributed by atoms with Crippen LogP contribution in [0.3, 0.4) is 0 Å². The summed E-state index contributed by atoms with van der Waals surface area (Å²) in [7, 11) is -3.30. The molecule has 1 aliphatic carbocycles. The van der Waals surface area contributed by atoms with Crippen molar-refractivity contribution in [2.45, 2.75) is 75.0 Å². The Balaban J connectivity index is 1.39. The molecule has 1 aliphatic heterocycles. The van der Waals surface area contributed by atoms with Gasteiger partial charge in [0.05, 0.1) is 4.90 Å². The van der Waals surface area contributed by atoms with Crippen LogP contribution < -0.4 is 10.3 Å². The maximum atomic E-state index is 12.7. The van der Waals surface area contributed by atoms with Gasteiger partial charge in [0.2, 0.25) is 0 Å². The van der Waals surface area contributed by atoms with E-state index in [1.54, 1.807) is 24.4 Å². The zero-order valence-corrected chi connectivity index (χ0v) is 20.5. The Hall–Kier alpha value is -2.81. The molecule has 0 bridgehead atoms. The Labute approximate surface area is 200 Å². The molecule has 4 rings (SSSR count). The highest BCUT2D eigenvalue weighted by Gasteiger charge is 2.34. The van der Waals surface area contributed by atoms with Crippen molar-refractivity contribution in [1.29, 1.82) is 0 Å². The first-order chi connectivity index (χ1) is 16.2. The molecule has 9 heteroatoms. The lowest BCUT2D eigenvalue weighted by Crippen LogP contribution is -2.49. The molecule has 1 aromatic heterocycles. The molecular formula is C25H32N2O6S. The third-order valence-electron chi connectivity index (χ3n) is 6.68. The second-order valence-corrected chi connectivity index (χ2v) is 11.2. The third kappa shape index (κ3) is 5.63. The predicted octanol–water partition coefficient (Wildman–Crippen LogP) is 3.94. The van der Waals surface area contributed by atoms with Crippen LogP contribution in [0.4, 0.5) is 4.79 Å². The van der Waals surface area contributed by atoms with Gasteiger partial charge in [-0.15, -0.1) is 0 Å². The number of sulfone groups is 1. The number of likely N-dealkylation sites (tertiary alicyclic amines) is 1. The van der Waals surface area contributed by atoms with Crippen molar-refractivity contribution in [2.24, 2.45) is 0 Å². The van der Waals surface area contributed by atoms with Crippen LogP contribution in [0.2, 0.25) is 0 Å². The lowest BCUT2D eigenvalue weighted by molar-refractivity contribution is 0.0194. The highest BCUT2D eigenvalue weighted by Crippen LogP contribution is 2.27. The van der Waals surface area contributed by atoms with E-state index in [0.717, 1.165) is 38.4 Å². The van der Waals surface area contributed by atoms with E-state index in [2.05, 4.69) is 6.92 Å². The van der Waals surface area contributed by atoms with E-state index in [4.69, 9.17) is 9.47 Å². The minimum atomic E-state index is -3.30. The molecule has 1 amide bonds. The predicted molar refractivity (Wildman–Crippen MR) is 128 cm³/mol. The number of hydrogen-bond acceptors (Lipinski definition) is 6. The summed E-state index contributed by atoms with van der Waals surface area (Å²) in [5.74, 6) is 0.482. The number of amides is 1. The van der Waals surface area contributed by atoms with Gasteiger partial charge in [0.25, 0.3) is 5.56 Å². The van der Waals surface area contributed by atoms with Gasteiger partial charge in [0, 0.05) is 49.6 Å². The van der Waals surface area contributed by atoms with Crippen molar-refractivity contribution in [2.75, 3.05) is 12.8 Å². The number of carbonyl (C=O) groups is 1. The van der Waals surface area contributed by atoms with Gasteiger partial charge in [-0.05, 0) is 62.4 Å². The summed E-state index contributed by atoms with van der Waals surface area (Å²) in [6, 6.07) is 9.38. The standard InChI is InChI=1S/C25H32N2O6S/c1-3-18-16-21(13-15-27(18)25(29)33-20-6-4-5-7-20)32-22-12-14-26(24(28)17-22)19-8-10-23(11-9-19)34(2,30)31/h8-12,14,17-18,20-21H,3-7,13,15-16H2,1-2H3/t18-,21-/m1/s1. The molecule has 2 heterocycles. The number of pyridine rings is 1. The van der Waals surface area contributed by atoms with E-state index in [1.165, 1.54) is 22.8 Å². The van der Waals surface area contributed by atoms with Gasteiger partial charge >= 0.3 is 6.09 Å². The van der Waals surface area contributed by atoms with Gasteiger partial charge in [-0.1, -0.05) is 6.92 Å². The highest BCUT2D eigenvalue weighted by molar-refractivity contribution is 7.90. The Morgan fingerprint density at radius 2 is 1.76 bits per heavy atom. The zero-order chi connectivity index (χ0) is 24.3. The van der Waals surface area contributed by atoms with E-state index in [0.29, 0.717) is 30.8 Å². The fourth-order valence-electron chi connectivity index (χ4n) is 4.76. The van der Waals surface area contributed by atoms with Crippen molar-refractivity contribution in [1.82, 2.24) is 9.47 Å². The summed E-state index contributed by atoms with van der Waals surface area (Å²) in [5.41, 5.74) is 0.304. The second-order valence-electron chi connectivity index (χ2n) is 9.15. The average Bonchev–Trinajstić information content (AvgIpc) is 3.31. The van der Waals surface area contributed by atoms with Crippen molar-refractivity contribution in [3.63, 3.8) is 0 Å². The van der Waals surface area contributed by atoms with Gasteiger partial charge in [0.1, 0.15) is 18.0 Å². The molecule has 0 unspecified atom stereocenters. The number of hydrogen-bond donors (Lipinski definition) is 0. The summed E-state index contributed by atoms with van der Waals surface area (Å²) in [5, 5.41) is 0. The first-order valence-corrected chi connectivity index (χ1v) is 13.8. The van der Waals surface area contributed by atoms with Crippen LogP contribution in [0, 0.1) is 0 Å². The summed E-state index contributed by atoms with van der Waals surface area (Å²) in [6.07, 6.45) is 8.82. The molecule has 2 aliphatic rings. The lowest BCUT2D eigenvalue weighted by Gasteiger charge is -2.38. The number of nitrogens with zero attached hydrogens (tertiary/aromatic N) is 2. The molecule has 8 nitrogen and oxygen atoms in total. The van der Waals surface area contributed by atoms with E-state index < -0.39 is 9.84 Å². The maximum Gasteiger partial charge on any atom is 0.410 e. The molecular weight excluding hydrogens is 456 g/mol. The summed E-state index contributed by atoms with van der Waals surface area (Å²) < 4.78 is 36.5. The zero-order valence-electron chi connectivity index (χ0n) is 19.7. The Morgan fingerprint density at radius 3 is 2.38 bits per heavy atom. The normalized spacial score (nSPS) is 21.4. The first-order valence-electron chi connectivity index (χ1n) is 11.9. The van der Waals surface area contributed by atoms with E-state index >= 15 is 0 Å². The fraction of sp³-hybridized carbons (Fsp3) is 0.520. The number of carbonyl (C=O) groups excluding carboxylic acids is 1. The molecule has 1 saturated carbocycles. The Bertz CT molecular complexity index is 1170. The molecule has 1 saturated heterocycles. The minimum absolute atomic E-state index is 0.0429. The van der Waals surface area contributed by atoms with Gasteiger partial charge < -0.3 is 14.4 Å². The molecule has 1 aromatic carbocycles. The topological polar surface area (TPSA) is 94.9 Å². The summed E-state index contributed by atoms with van der Waals surface area (Å²) >= 11 is 0. The number of aromatic nitrogens is 1. The van der Waals surface area contributed by atoms with Gasteiger partial charge in [0.15, 0.2) is 9.84 Å². The molecule has 2 fully saturated rings. The molecule has 2 atom stereocenters. The maximum absolute atomic E-state index is 12.7. The van der Waals surface area contributed by atoms with Crippen molar-refractivity contribution in [3.05, 3.63) is 52.9 Å². The van der Waals surface area contributed by atoms with Gasteiger partial charge in [-0.2, -0.15) is 0 Å². The lowest BCUT2D eigenvalue weighted by atomic mass is 9.98. The molecule has 0 spiro atoms. The molecule has 0 N–H and O–H groups in total. The van der Waals surface area contributed by atoms with Gasteiger partial charge in [-0.3, -0.25) is 9.36 Å². The van der Waals surface area contributed by atoms with Crippen molar-refractivity contribution >= 4 is 15.9 Å². The number of benzene rings is 1.